The molecule has 1 aliphatic rings. The Morgan fingerprint density at radius 1 is 1.10 bits per heavy atom. The number of nitro benzene ring substituents is 1. The van der Waals surface area contributed by atoms with Crippen LogP contribution in [0.4, 0.5) is 11.4 Å². The Bertz CT molecular complexity index is 1090. The Morgan fingerprint density at radius 3 is 2.48 bits per heavy atom. The number of non-ortho nitro benzene ring substituents is 1. The molecular formula is C21H16N2O5S. The van der Waals surface area contributed by atoms with E-state index in [1.165, 1.54) is 28.4 Å². The lowest BCUT2D eigenvalue weighted by molar-refractivity contribution is -0.384. The van der Waals surface area contributed by atoms with Crippen LogP contribution in [0, 0.1) is 10.1 Å². The molecule has 8 heteroatoms. The third kappa shape index (κ3) is 3.32. The number of Topliss-reactive ketones (excluding diaryl/α,β-unsaturated/α-hetero) is 1. The molecule has 0 fully saturated rings. The standard InChI is InChI=1S/C21H16N2O5S/c24-18(19-6-3-11-29-19)12-21(26)16-4-1-2-5-17(16)22(20(21)25)13-14-7-9-15(10-8-14)23(27)28/h1-11,26H,12-13H2/t21-/m1/s1. The molecule has 1 atom stereocenters. The van der Waals surface area contributed by atoms with Gasteiger partial charge in [-0.05, 0) is 23.1 Å². The maximum absolute atomic E-state index is 13.2. The lowest BCUT2D eigenvalue weighted by Crippen LogP contribution is -2.41. The van der Waals surface area contributed by atoms with Crippen LogP contribution < -0.4 is 4.90 Å². The number of nitrogens with zero attached hydrogens (tertiary/aromatic N) is 2. The zero-order chi connectivity index (χ0) is 20.6. The average molecular weight is 408 g/mol. The first kappa shape index (κ1) is 19.0. The molecule has 0 radical (unpaired) electrons. The SMILES string of the molecule is O=C(C[C@]1(O)C(=O)N(Cc2ccc([N+](=O)[O-])cc2)c2ccccc21)c1cccs1. The summed E-state index contributed by atoms with van der Waals surface area (Å²) in [6, 6.07) is 16.1. The number of nitro groups is 1. The van der Waals surface area contributed by atoms with Crippen molar-refractivity contribution in [2.24, 2.45) is 0 Å². The maximum Gasteiger partial charge on any atom is 0.269 e. The van der Waals surface area contributed by atoms with Crippen LogP contribution in [0.15, 0.2) is 66.0 Å². The minimum absolute atomic E-state index is 0.0417. The van der Waals surface area contributed by atoms with Crippen LogP contribution in [0.25, 0.3) is 0 Å². The van der Waals surface area contributed by atoms with Gasteiger partial charge < -0.3 is 10.0 Å². The molecule has 7 nitrogen and oxygen atoms in total. The average Bonchev–Trinajstić information content (AvgIpc) is 3.32. The fourth-order valence-electron chi connectivity index (χ4n) is 3.50. The van der Waals surface area contributed by atoms with Gasteiger partial charge in [0, 0.05) is 17.7 Å². The van der Waals surface area contributed by atoms with E-state index in [-0.39, 0.29) is 24.4 Å². The molecule has 2 heterocycles. The predicted octanol–water partition coefficient (Wildman–Crippen LogP) is 3.66. The second-order valence-electron chi connectivity index (χ2n) is 6.77. The lowest BCUT2D eigenvalue weighted by atomic mass is 9.89. The normalized spacial score (nSPS) is 18.0. The number of anilines is 1. The van der Waals surface area contributed by atoms with Crippen LogP contribution in [0.2, 0.25) is 0 Å². The molecule has 0 saturated heterocycles. The summed E-state index contributed by atoms with van der Waals surface area (Å²) in [7, 11) is 0. The van der Waals surface area contributed by atoms with Gasteiger partial charge in [0.05, 0.1) is 28.5 Å². The molecule has 2 aromatic carbocycles. The van der Waals surface area contributed by atoms with Crippen molar-refractivity contribution in [3.05, 3.63) is 92.2 Å². The summed E-state index contributed by atoms with van der Waals surface area (Å²) in [5, 5.41) is 23.9. The van der Waals surface area contributed by atoms with Crippen molar-refractivity contribution in [1.82, 2.24) is 0 Å². The predicted molar refractivity (Wildman–Crippen MR) is 108 cm³/mol. The van der Waals surface area contributed by atoms with Crippen LogP contribution in [-0.2, 0) is 16.9 Å². The first-order chi connectivity index (χ1) is 13.9. The van der Waals surface area contributed by atoms with E-state index in [1.807, 2.05) is 0 Å². The molecule has 1 amide bonds. The summed E-state index contributed by atoms with van der Waals surface area (Å²) in [6.45, 7) is 0.128. The number of aliphatic hydroxyl groups is 1. The largest absolute Gasteiger partial charge is 0.375 e. The third-order valence-corrected chi connectivity index (χ3v) is 5.85. The molecule has 0 spiro atoms. The zero-order valence-electron chi connectivity index (χ0n) is 15.1. The number of hydrogen-bond donors (Lipinski definition) is 1. The highest BCUT2D eigenvalue weighted by atomic mass is 32.1. The fraction of sp³-hybridized carbons (Fsp3) is 0.143. The number of benzene rings is 2. The van der Waals surface area contributed by atoms with Gasteiger partial charge in [0.25, 0.3) is 11.6 Å². The second kappa shape index (κ2) is 7.23. The van der Waals surface area contributed by atoms with E-state index in [2.05, 4.69) is 0 Å². The minimum Gasteiger partial charge on any atom is -0.375 e. The monoisotopic (exact) mass is 408 g/mol. The molecule has 29 heavy (non-hydrogen) atoms. The first-order valence-electron chi connectivity index (χ1n) is 8.84. The van der Waals surface area contributed by atoms with Crippen molar-refractivity contribution in [3.63, 3.8) is 0 Å². The molecule has 1 aromatic heterocycles. The van der Waals surface area contributed by atoms with E-state index in [9.17, 15) is 24.8 Å². The van der Waals surface area contributed by atoms with Crippen molar-refractivity contribution >= 4 is 34.4 Å². The Morgan fingerprint density at radius 2 is 1.83 bits per heavy atom. The first-order valence-corrected chi connectivity index (χ1v) is 9.72. The molecule has 1 aliphatic heterocycles. The number of thiophene rings is 1. The zero-order valence-corrected chi connectivity index (χ0v) is 16.0. The smallest absolute Gasteiger partial charge is 0.269 e. The summed E-state index contributed by atoms with van der Waals surface area (Å²) in [5.74, 6) is -0.884. The quantitative estimate of drug-likeness (QED) is 0.381. The maximum atomic E-state index is 13.2. The summed E-state index contributed by atoms with van der Waals surface area (Å²) in [4.78, 5) is 38.0. The topological polar surface area (TPSA) is 101 Å². The molecule has 3 aromatic rings. The fourth-order valence-corrected chi connectivity index (χ4v) is 4.16. The lowest BCUT2D eigenvalue weighted by Gasteiger charge is -2.22. The number of fused-ring (bicyclic) bond motifs is 1. The van der Waals surface area contributed by atoms with Crippen molar-refractivity contribution in [2.75, 3.05) is 4.90 Å². The Hall–Kier alpha value is -3.36. The number of ketones is 1. The van der Waals surface area contributed by atoms with Crippen molar-refractivity contribution < 1.29 is 19.6 Å². The van der Waals surface area contributed by atoms with E-state index in [4.69, 9.17) is 0 Å². The number of hydrogen-bond acceptors (Lipinski definition) is 6. The van der Waals surface area contributed by atoms with Crippen molar-refractivity contribution in [2.45, 2.75) is 18.6 Å². The molecule has 4 rings (SSSR count). The summed E-state index contributed by atoms with van der Waals surface area (Å²) in [5.41, 5.74) is -0.403. The van der Waals surface area contributed by atoms with Gasteiger partial charge in [-0.15, -0.1) is 11.3 Å². The van der Waals surface area contributed by atoms with Crippen LogP contribution in [0.3, 0.4) is 0 Å². The van der Waals surface area contributed by atoms with E-state index >= 15 is 0 Å². The van der Waals surface area contributed by atoms with E-state index in [0.29, 0.717) is 21.7 Å². The van der Waals surface area contributed by atoms with Crippen LogP contribution in [0.1, 0.15) is 27.2 Å². The van der Waals surface area contributed by atoms with Crippen molar-refractivity contribution in [1.29, 1.82) is 0 Å². The highest BCUT2D eigenvalue weighted by Gasteiger charge is 2.50. The molecule has 0 aliphatic carbocycles. The highest BCUT2D eigenvalue weighted by Crippen LogP contribution is 2.43. The molecule has 0 unspecified atom stereocenters. The molecule has 0 bridgehead atoms. The summed E-state index contributed by atoms with van der Waals surface area (Å²) in [6.07, 6.45) is -0.347. The number of rotatable bonds is 6. The van der Waals surface area contributed by atoms with Crippen molar-refractivity contribution in [3.8, 4) is 0 Å². The van der Waals surface area contributed by atoms with Gasteiger partial charge in [-0.2, -0.15) is 0 Å². The molecule has 1 N–H and O–H groups in total. The van der Waals surface area contributed by atoms with Gasteiger partial charge in [-0.25, -0.2) is 0 Å². The van der Waals surface area contributed by atoms with Gasteiger partial charge in [0.15, 0.2) is 11.4 Å². The van der Waals surface area contributed by atoms with Gasteiger partial charge in [0.1, 0.15) is 0 Å². The number of carbonyl (C=O) groups is 2. The highest BCUT2D eigenvalue weighted by molar-refractivity contribution is 7.12. The van der Waals surface area contributed by atoms with Gasteiger partial charge in [0.2, 0.25) is 0 Å². The van der Waals surface area contributed by atoms with Crippen LogP contribution in [-0.4, -0.2) is 21.7 Å². The van der Waals surface area contributed by atoms with E-state index in [0.717, 1.165) is 0 Å². The number of para-hydroxylation sites is 1. The molecule has 146 valence electrons. The summed E-state index contributed by atoms with van der Waals surface area (Å²) < 4.78 is 0. The molecular weight excluding hydrogens is 392 g/mol. The Labute approximate surface area is 170 Å². The van der Waals surface area contributed by atoms with Gasteiger partial charge >= 0.3 is 0 Å². The summed E-state index contributed by atoms with van der Waals surface area (Å²) >= 11 is 1.26. The van der Waals surface area contributed by atoms with E-state index < -0.39 is 16.4 Å². The number of carbonyl (C=O) groups excluding carboxylic acids is 2. The van der Waals surface area contributed by atoms with Crippen LogP contribution >= 0.6 is 11.3 Å². The van der Waals surface area contributed by atoms with E-state index in [1.54, 1.807) is 53.9 Å². The number of amides is 1. The molecule has 0 saturated carbocycles. The Kier molecular flexibility index (Phi) is 4.73. The van der Waals surface area contributed by atoms with Gasteiger partial charge in [-0.1, -0.05) is 36.4 Å². The second-order valence-corrected chi connectivity index (χ2v) is 7.72. The van der Waals surface area contributed by atoms with Gasteiger partial charge in [-0.3, -0.25) is 19.7 Å². The van der Waals surface area contributed by atoms with Crippen LogP contribution in [0.5, 0.6) is 0 Å². The Balaban J connectivity index is 1.65. The third-order valence-electron chi connectivity index (χ3n) is 4.94. The minimum atomic E-state index is -1.95.